The highest BCUT2D eigenvalue weighted by Gasteiger charge is 2.11. The number of aliphatic hydroxyl groups is 1. The van der Waals surface area contributed by atoms with Gasteiger partial charge in [-0.3, -0.25) is 4.98 Å². The van der Waals surface area contributed by atoms with Crippen LogP contribution in [0.5, 0.6) is 0 Å². The van der Waals surface area contributed by atoms with Crippen molar-refractivity contribution in [1.82, 2.24) is 10.3 Å². The fraction of sp³-hybridized carbons (Fsp3) is 0.400. The van der Waals surface area contributed by atoms with Crippen molar-refractivity contribution in [3.05, 3.63) is 42.1 Å². The van der Waals surface area contributed by atoms with Gasteiger partial charge in [0.1, 0.15) is 0 Å². The van der Waals surface area contributed by atoms with E-state index in [-0.39, 0.29) is 12.6 Å². The maximum absolute atomic E-state index is 9.31. The molecule has 0 spiro atoms. The minimum absolute atomic E-state index is 0.129. The summed E-state index contributed by atoms with van der Waals surface area (Å²) in [6.07, 6.45) is 1.82. The Balaban J connectivity index is 2.17. The molecule has 0 saturated heterocycles. The number of rotatable bonds is 5. The van der Waals surface area contributed by atoms with E-state index in [9.17, 15) is 5.11 Å². The Hall–Kier alpha value is -1.45. The molecule has 96 valence electrons. The molecule has 0 aliphatic rings. The standard InChI is InChI=1S/C15H20N2O/c1-11(2)14(10-18)17-9-13-6-3-5-12-7-4-8-16-15(12)13/h3-8,11,14,17-18H,9-10H2,1-2H3. The highest BCUT2D eigenvalue weighted by atomic mass is 16.3. The van der Waals surface area contributed by atoms with Gasteiger partial charge >= 0.3 is 0 Å². The first-order valence-corrected chi connectivity index (χ1v) is 6.39. The number of hydrogen-bond acceptors (Lipinski definition) is 3. The van der Waals surface area contributed by atoms with Crippen LogP contribution in [0.4, 0.5) is 0 Å². The maximum atomic E-state index is 9.31. The van der Waals surface area contributed by atoms with E-state index in [1.807, 2.05) is 18.3 Å². The fourth-order valence-corrected chi connectivity index (χ4v) is 2.06. The molecule has 2 aromatic rings. The van der Waals surface area contributed by atoms with Crippen molar-refractivity contribution in [2.45, 2.75) is 26.4 Å². The van der Waals surface area contributed by atoms with Crippen LogP contribution in [0.25, 0.3) is 10.9 Å². The predicted octanol–water partition coefficient (Wildman–Crippen LogP) is 2.34. The summed E-state index contributed by atoms with van der Waals surface area (Å²) in [5.74, 6) is 0.415. The van der Waals surface area contributed by atoms with Gasteiger partial charge in [0.15, 0.2) is 0 Å². The summed E-state index contributed by atoms with van der Waals surface area (Å²) >= 11 is 0. The van der Waals surface area contributed by atoms with E-state index in [1.165, 1.54) is 5.56 Å². The third-order valence-corrected chi connectivity index (χ3v) is 3.27. The van der Waals surface area contributed by atoms with E-state index in [2.05, 4.69) is 42.3 Å². The number of nitrogens with zero attached hydrogens (tertiary/aromatic N) is 1. The van der Waals surface area contributed by atoms with Crippen LogP contribution in [-0.4, -0.2) is 22.7 Å². The summed E-state index contributed by atoms with van der Waals surface area (Å²) < 4.78 is 0. The zero-order chi connectivity index (χ0) is 13.0. The first-order valence-electron chi connectivity index (χ1n) is 6.39. The van der Waals surface area contributed by atoms with Crippen LogP contribution in [0.2, 0.25) is 0 Å². The monoisotopic (exact) mass is 244 g/mol. The molecular weight excluding hydrogens is 224 g/mol. The molecule has 1 atom stereocenters. The third kappa shape index (κ3) is 2.86. The Morgan fingerprint density at radius 1 is 1.22 bits per heavy atom. The molecule has 1 aromatic heterocycles. The Kier molecular flexibility index (Phi) is 4.28. The second-order valence-electron chi connectivity index (χ2n) is 4.91. The predicted molar refractivity (Wildman–Crippen MR) is 74.3 cm³/mol. The van der Waals surface area contributed by atoms with Gasteiger partial charge in [-0.2, -0.15) is 0 Å². The molecule has 0 saturated carbocycles. The number of fused-ring (bicyclic) bond motifs is 1. The average molecular weight is 244 g/mol. The molecule has 2 rings (SSSR count). The van der Waals surface area contributed by atoms with Crippen molar-refractivity contribution in [2.75, 3.05) is 6.61 Å². The zero-order valence-electron chi connectivity index (χ0n) is 10.9. The van der Waals surface area contributed by atoms with Gasteiger partial charge in [-0.05, 0) is 17.5 Å². The van der Waals surface area contributed by atoms with E-state index in [4.69, 9.17) is 0 Å². The molecule has 3 nitrogen and oxygen atoms in total. The molecular formula is C15H20N2O. The lowest BCUT2D eigenvalue weighted by Gasteiger charge is -2.20. The van der Waals surface area contributed by atoms with Crippen molar-refractivity contribution < 1.29 is 5.11 Å². The maximum Gasteiger partial charge on any atom is 0.0746 e. The van der Waals surface area contributed by atoms with Gasteiger partial charge in [0.2, 0.25) is 0 Å². The highest BCUT2D eigenvalue weighted by Crippen LogP contribution is 2.16. The molecule has 0 aliphatic heterocycles. The van der Waals surface area contributed by atoms with Crippen LogP contribution >= 0.6 is 0 Å². The van der Waals surface area contributed by atoms with Gasteiger partial charge < -0.3 is 10.4 Å². The van der Waals surface area contributed by atoms with Gasteiger partial charge in [0, 0.05) is 24.2 Å². The van der Waals surface area contributed by atoms with E-state index < -0.39 is 0 Å². The lowest BCUT2D eigenvalue weighted by molar-refractivity contribution is 0.210. The van der Waals surface area contributed by atoms with E-state index in [1.54, 1.807) is 0 Å². The number of nitrogens with one attached hydrogen (secondary N) is 1. The van der Waals surface area contributed by atoms with Crippen LogP contribution in [0, 0.1) is 5.92 Å². The molecule has 0 bridgehead atoms. The average Bonchev–Trinajstić information content (AvgIpc) is 2.39. The third-order valence-electron chi connectivity index (χ3n) is 3.27. The first kappa shape index (κ1) is 13.0. The molecule has 0 amide bonds. The van der Waals surface area contributed by atoms with Crippen LogP contribution in [-0.2, 0) is 6.54 Å². The van der Waals surface area contributed by atoms with Crippen molar-refractivity contribution in [1.29, 1.82) is 0 Å². The van der Waals surface area contributed by atoms with Crippen LogP contribution in [0.15, 0.2) is 36.5 Å². The number of pyridine rings is 1. The van der Waals surface area contributed by atoms with E-state index in [0.29, 0.717) is 5.92 Å². The topological polar surface area (TPSA) is 45.1 Å². The Labute approximate surface area is 108 Å². The summed E-state index contributed by atoms with van der Waals surface area (Å²) in [6.45, 7) is 5.11. The first-order chi connectivity index (χ1) is 8.72. The van der Waals surface area contributed by atoms with Crippen LogP contribution < -0.4 is 5.32 Å². The molecule has 18 heavy (non-hydrogen) atoms. The molecule has 1 aromatic carbocycles. The number of benzene rings is 1. The van der Waals surface area contributed by atoms with Crippen molar-refractivity contribution in [3.8, 4) is 0 Å². The van der Waals surface area contributed by atoms with Crippen LogP contribution in [0.3, 0.4) is 0 Å². The van der Waals surface area contributed by atoms with Crippen molar-refractivity contribution >= 4 is 10.9 Å². The van der Waals surface area contributed by atoms with Gasteiger partial charge in [0.25, 0.3) is 0 Å². The second-order valence-corrected chi connectivity index (χ2v) is 4.91. The Morgan fingerprint density at radius 2 is 2.00 bits per heavy atom. The SMILES string of the molecule is CC(C)C(CO)NCc1cccc2cccnc12. The summed E-state index contributed by atoms with van der Waals surface area (Å²) in [4.78, 5) is 4.43. The number of aromatic nitrogens is 1. The largest absolute Gasteiger partial charge is 0.395 e. The normalized spacial score (nSPS) is 13.1. The summed E-state index contributed by atoms with van der Waals surface area (Å²) in [7, 11) is 0. The molecule has 0 fully saturated rings. The summed E-state index contributed by atoms with van der Waals surface area (Å²) in [6, 6.07) is 10.3. The molecule has 2 N–H and O–H groups in total. The lowest BCUT2D eigenvalue weighted by Crippen LogP contribution is -2.36. The molecule has 0 aliphatic carbocycles. The number of aliphatic hydroxyl groups excluding tert-OH is 1. The lowest BCUT2D eigenvalue weighted by atomic mass is 10.0. The second kappa shape index (κ2) is 5.94. The minimum atomic E-state index is 0.129. The molecule has 1 unspecified atom stereocenters. The Morgan fingerprint density at radius 3 is 2.72 bits per heavy atom. The van der Waals surface area contributed by atoms with E-state index in [0.717, 1.165) is 17.4 Å². The zero-order valence-corrected chi connectivity index (χ0v) is 10.9. The summed E-state index contributed by atoms with van der Waals surface area (Å²) in [5.41, 5.74) is 2.21. The molecule has 0 radical (unpaired) electrons. The number of para-hydroxylation sites is 1. The van der Waals surface area contributed by atoms with E-state index >= 15 is 0 Å². The summed E-state index contributed by atoms with van der Waals surface area (Å²) in [5, 5.41) is 13.9. The van der Waals surface area contributed by atoms with Crippen LogP contribution in [0.1, 0.15) is 19.4 Å². The molecule has 1 heterocycles. The van der Waals surface area contributed by atoms with Gasteiger partial charge in [-0.15, -0.1) is 0 Å². The fourth-order valence-electron chi connectivity index (χ4n) is 2.06. The van der Waals surface area contributed by atoms with Gasteiger partial charge in [0.05, 0.1) is 12.1 Å². The highest BCUT2D eigenvalue weighted by molar-refractivity contribution is 5.81. The van der Waals surface area contributed by atoms with Gasteiger partial charge in [-0.25, -0.2) is 0 Å². The smallest absolute Gasteiger partial charge is 0.0746 e. The molecule has 3 heteroatoms. The quantitative estimate of drug-likeness (QED) is 0.848. The van der Waals surface area contributed by atoms with Gasteiger partial charge in [-0.1, -0.05) is 38.1 Å². The number of hydrogen-bond donors (Lipinski definition) is 2. The van der Waals surface area contributed by atoms with Crippen molar-refractivity contribution in [2.24, 2.45) is 5.92 Å². The Bertz CT molecular complexity index is 505. The minimum Gasteiger partial charge on any atom is -0.395 e. The van der Waals surface area contributed by atoms with Crippen molar-refractivity contribution in [3.63, 3.8) is 0 Å².